The van der Waals surface area contributed by atoms with Gasteiger partial charge in [-0.2, -0.15) is 0 Å². The molecular weight excluding hydrogens is 378 g/mol. The molecule has 1 atom stereocenters. The summed E-state index contributed by atoms with van der Waals surface area (Å²) in [5, 5.41) is 12.8. The normalized spacial score (nSPS) is 12.4. The summed E-state index contributed by atoms with van der Waals surface area (Å²) >= 11 is 0. The maximum Gasteiger partial charge on any atom is 0.143 e. The van der Waals surface area contributed by atoms with E-state index in [4.69, 9.17) is 14.2 Å². The molecule has 0 aliphatic carbocycles. The highest BCUT2D eigenvalue weighted by molar-refractivity contribution is 5.49. The average molecular weight is 408 g/mol. The zero-order chi connectivity index (χ0) is 21.4. The van der Waals surface area contributed by atoms with Crippen molar-refractivity contribution in [2.75, 3.05) is 34.5 Å². The fraction of sp³-hybridized carbons (Fsp3) is 0.280. The van der Waals surface area contributed by atoms with Gasteiger partial charge in [0, 0.05) is 0 Å². The standard InChI is InChI=1S/C25H29NO4/c1-26-22(17-27)18-30-25(19-7-5-4-6-8-19,20-9-13-23(28-2)14-10-20)21-11-15-24(29-3)16-12-21/h4-16,22,26-27H,17-18H2,1-3H3. The van der Waals surface area contributed by atoms with Crippen LogP contribution >= 0.6 is 0 Å². The Hall–Kier alpha value is -2.86. The summed E-state index contributed by atoms with van der Waals surface area (Å²) in [6.45, 7) is 0.298. The summed E-state index contributed by atoms with van der Waals surface area (Å²) in [5.74, 6) is 1.55. The van der Waals surface area contributed by atoms with Gasteiger partial charge in [-0.25, -0.2) is 0 Å². The largest absolute Gasteiger partial charge is 0.497 e. The third-order valence-electron chi connectivity index (χ3n) is 5.30. The number of hydrogen-bond donors (Lipinski definition) is 2. The molecule has 0 aromatic heterocycles. The van der Waals surface area contributed by atoms with Crippen LogP contribution in [0.1, 0.15) is 16.7 Å². The molecular formula is C25H29NO4. The second kappa shape index (κ2) is 10.3. The number of methoxy groups -OCH3 is 2. The summed E-state index contributed by atoms with van der Waals surface area (Å²) < 4.78 is 17.4. The van der Waals surface area contributed by atoms with Crippen LogP contribution in [0.15, 0.2) is 78.9 Å². The number of likely N-dealkylation sites (N-methyl/N-ethyl adjacent to an activating group) is 1. The number of benzene rings is 3. The van der Waals surface area contributed by atoms with Crippen LogP contribution in [-0.4, -0.2) is 45.6 Å². The Balaban J connectivity index is 2.20. The monoisotopic (exact) mass is 407 g/mol. The van der Waals surface area contributed by atoms with Gasteiger partial charge in [-0.3, -0.25) is 0 Å². The molecule has 3 aromatic carbocycles. The Bertz CT molecular complexity index is 843. The predicted molar refractivity (Wildman–Crippen MR) is 118 cm³/mol. The van der Waals surface area contributed by atoms with Crippen LogP contribution in [0.5, 0.6) is 11.5 Å². The third kappa shape index (κ3) is 4.49. The lowest BCUT2D eigenvalue weighted by molar-refractivity contribution is -0.00683. The molecule has 0 aliphatic rings. The first-order chi connectivity index (χ1) is 14.7. The zero-order valence-corrected chi connectivity index (χ0v) is 17.7. The average Bonchev–Trinajstić information content (AvgIpc) is 2.83. The molecule has 158 valence electrons. The van der Waals surface area contributed by atoms with Crippen molar-refractivity contribution in [2.45, 2.75) is 11.6 Å². The van der Waals surface area contributed by atoms with Crippen LogP contribution in [0.25, 0.3) is 0 Å². The zero-order valence-electron chi connectivity index (χ0n) is 17.7. The van der Waals surface area contributed by atoms with E-state index in [-0.39, 0.29) is 12.6 Å². The van der Waals surface area contributed by atoms with E-state index in [0.29, 0.717) is 6.61 Å². The quantitative estimate of drug-likeness (QED) is 0.503. The summed E-state index contributed by atoms with van der Waals surface area (Å²) in [4.78, 5) is 0. The molecule has 0 spiro atoms. The maximum absolute atomic E-state index is 9.70. The number of aliphatic hydroxyl groups excluding tert-OH is 1. The highest BCUT2D eigenvalue weighted by atomic mass is 16.5. The van der Waals surface area contributed by atoms with Crippen LogP contribution in [0.3, 0.4) is 0 Å². The van der Waals surface area contributed by atoms with E-state index in [1.54, 1.807) is 14.2 Å². The summed E-state index contributed by atoms with van der Waals surface area (Å²) in [5.41, 5.74) is 2.05. The molecule has 0 aliphatic heterocycles. The van der Waals surface area contributed by atoms with Gasteiger partial charge in [0.15, 0.2) is 0 Å². The van der Waals surface area contributed by atoms with E-state index in [0.717, 1.165) is 28.2 Å². The van der Waals surface area contributed by atoms with Crippen molar-refractivity contribution in [3.63, 3.8) is 0 Å². The second-order valence-corrected chi connectivity index (χ2v) is 6.98. The van der Waals surface area contributed by atoms with Crippen LogP contribution < -0.4 is 14.8 Å². The molecule has 2 N–H and O–H groups in total. The van der Waals surface area contributed by atoms with Crippen molar-refractivity contribution in [3.8, 4) is 11.5 Å². The number of nitrogens with one attached hydrogen (secondary N) is 1. The summed E-state index contributed by atoms with van der Waals surface area (Å²) in [6, 6.07) is 25.7. The van der Waals surface area contributed by atoms with E-state index in [1.165, 1.54) is 0 Å². The molecule has 5 nitrogen and oxygen atoms in total. The SMILES string of the molecule is CNC(CO)COC(c1ccccc1)(c1ccc(OC)cc1)c1ccc(OC)cc1. The van der Waals surface area contributed by atoms with Crippen molar-refractivity contribution in [1.29, 1.82) is 0 Å². The predicted octanol–water partition coefficient (Wildman–Crippen LogP) is 3.59. The lowest BCUT2D eigenvalue weighted by Gasteiger charge is -2.37. The molecule has 0 fully saturated rings. The molecule has 0 amide bonds. The number of ether oxygens (including phenoxy) is 3. The summed E-state index contributed by atoms with van der Waals surface area (Å²) in [6.07, 6.45) is 0. The van der Waals surface area contributed by atoms with Gasteiger partial charge in [0.1, 0.15) is 17.1 Å². The van der Waals surface area contributed by atoms with Crippen molar-refractivity contribution in [2.24, 2.45) is 0 Å². The Morgan fingerprint density at radius 1 is 0.767 bits per heavy atom. The Morgan fingerprint density at radius 2 is 1.23 bits per heavy atom. The van der Waals surface area contributed by atoms with E-state index in [2.05, 4.69) is 17.4 Å². The molecule has 3 aromatic rings. The van der Waals surface area contributed by atoms with Crippen molar-refractivity contribution >= 4 is 0 Å². The smallest absolute Gasteiger partial charge is 0.143 e. The van der Waals surface area contributed by atoms with Crippen LogP contribution in [0.2, 0.25) is 0 Å². The van der Waals surface area contributed by atoms with Crippen molar-refractivity contribution < 1.29 is 19.3 Å². The first-order valence-corrected chi connectivity index (χ1v) is 9.94. The van der Waals surface area contributed by atoms with Gasteiger partial charge in [-0.05, 0) is 48.0 Å². The molecule has 0 heterocycles. The van der Waals surface area contributed by atoms with Crippen molar-refractivity contribution in [3.05, 3.63) is 95.6 Å². The number of aliphatic hydroxyl groups is 1. The van der Waals surface area contributed by atoms with E-state index < -0.39 is 5.60 Å². The van der Waals surface area contributed by atoms with Gasteiger partial charge in [-0.1, -0.05) is 54.6 Å². The van der Waals surface area contributed by atoms with Crippen molar-refractivity contribution in [1.82, 2.24) is 5.32 Å². The third-order valence-corrected chi connectivity index (χ3v) is 5.30. The highest BCUT2D eigenvalue weighted by Gasteiger charge is 2.38. The molecule has 3 rings (SSSR count). The minimum atomic E-state index is -0.871. The summed E-state index contributed by atoms with van der Waals surface area (Å²) in [7, 11) is 5.12. The fourth-order valence-corrected chi connectivity index (χ4v) is 3.53. The van der Waals surface area contributed by atoms with Gasteiger partial charge in [0.2, 0.25) is 0 Å². The molecule has 0 bridgehead atoms. The molecule has 0 radical (unpaired) electrons. The first kappa shape index (κ1) is 21.8. The number of rotatable bonds is 10. The van der Waals surface area contributed by atoms with Gasteiger partial charge in [0.05, 0.1) is 33.5 Å². The topological polar surface area (TPSA) is 60.0 Å². The van der Waals surface area contributed by atoms with Gasteiger partial charge < -0.3 is 24.6 Å². The van der Waals surface area contributed by atoms with Gasteiger partial charge in [0.25, 0.3) is 0 Å². The Morgan fingerprint density at radius 3 is 1.63 bits per heavy atom. The maximum atomic E-state index is 9.70. The Kier molecular flexibility index (Phi) is 7.46. The van der Waals surface area contributed by atoms with E-state index >= 15 is 0 Å². The molecule has 0 saturated carbocycles. The molecule has 1 unspecified atom stereocenters. The van der Waals surface area contributed by atoms with Crippen LogP contribution in [0, 0.1) is 0 Å². The van der Waals surface area contributed by atoms with Crippen LogP contribution in [0.4, 0.5) is 0 Å². The first-order valence-electron chi connectivity index (χ1n) is 9.94. The highest BCUT2D eigenvalue weighted by Crippen LogP contribution is 2.41. The minimum Gasteiger partial charge on any atom is -0.497 e. The van der Waals surface area contributed by atoms with Crippen LogP contribution in [-0.2, 0) is 10.3 Å². The van der Waals surface area contributed by atoms with Gasteiger partial charge in [-0.15, -0.1) is 0 Å². The number of hydrogen-bond acceptors (Lipinski definition) is 5. The second-order valence-electron chi connectivity index (χ2n) is 6.98. The Labute approximate surface area is 178 Å². The van der Waals surface area contributed by atoms with E-state index in [9.17, 15) is 5.11 Å². The molecule has 0 saturated heterocycles. The van der Waals surface area contributed by atoms with Gasteiger partial charge >= 0.3 is 0 Å². The molecule has 5 heteroatoms. The molecule has 30 heavy (non-hydrogen) atoms. The lowest BCUT2D eigenvalue weighted by atomic mass is 9.80. The fourth-order valence-electron chi connectivity index (χ4n) is 3.53. The van der Waals surface area contributed by atoms with E-state index in [1.807, 2.05) is 73.8 Å². The minimum absolute atomic E-state index is 0.0212. The lowest BCUT2D eigenvalue weighted by Crippen LogP contribution is -2.40.